The van der Waals surface area contributed by atoms with E-state index < -0.39 is 0 Å². The molecule has 3 nitrogen and oxygen atoms in total. The SMILES string of the molecule is C#CCCCCN=C(N)NC(C)C. The van der Waals surface area contributed by atoms with E-state index in [1.54, 1.807) is 0 Å². The van der Waals surface area contributed by atoms with Crippen molar-refractivity contribution >= 4 is 5.96 Å². The van der Waals surface area contributed by atoms with Gasteiger partial charge in [0.1, 0.15) is 0 Å². The molecule has 0 unspecified atom stereocenters. The molecule has 0 atom stereocenters. The second-order valence-corrected chi connectivity index (χ2v) is 3.23. The number of nitrogens with zero attached hydrogens (tertiary/aromatic N) is 1. The number of rotatable bonds is 5. The fraction of sp³-hybridized carbons (Fsp3) is 0.700. The molecule has 0 amide bonds. The Hall–Kier alpha value is -1.17. The summed E-state index contributed by atoms with van der Waals surface area (Å²) < 4.78 is 0. The second kappa shape index (κ2) is 7.48. The van der Waals surface area contributed by atoms with Gasteiger partial charge in [-0.25, -0.2) is 0 Å². The highest BCUT2D eigenvalue weighted by Gasteiger charge is 1.93. The van der Waals surface area contributed by atoms with Crippen molar-refractivity contribution in [1.29, 1.82) is 0 Å². The van der Waals surface area contributed by atoms with Gasteiger partial charge in [-0.3, -0.25) is 4.99 Å². The quantitative estimate of drug-likeness (QED) is 0.289. The van der Waals surface area contributed by atoms with Gasteiger partial charge in [0.25, 0.3) is 0 Å². The first-order valence-corrected chi connectivity index (χ1v) is 4.66. The lowest BCUT2D eigenvalue weighted by Crippen LogP contribution is -2.36. The van der Waals surface area contributed by atoms with Crippen LogP contribution in [0.1, 0.15) is 33.1 Å². The number of hydrogen-bond donors (Lipinski definition) is 2. The van der Waals surface area contributed by atoms with Crippen LogP contribution >= 0.6 is 0 Å². The fourth-order valence-electron chi connectivity index (χ4n) is 0.880. The molecular formula is C10H19N3. The predicted molar refractivity (Wildman–Crippen MR) is 57.4 cm³/mol. The van der Waals surface area contributed by atoms with Crippen molar-refractivity contribution in [3.63, 3.8) is 0 Å². The van der Waals surface area contributed by atoms with Crippen molar-refractivity contribution in [2.45, 2.75) is 39.2 Å². The summed E-state index contributed by atoms with van der Waals surface area (Å²) in [5.74, 6) is 3.12. The van der Waals surface area contributed by atoms with Gasteiger partial charge < -0.3 is 11.1 Å². The van der Waals surface area contributed by atoms with Crippen molar-refractivity contribution in [3.8, 4) is 12.3 Å². The van der Waals surface area contributed by atoms with E-state index in [1.807, 2.05) is 13.8 Å². The van der Waals surface area contributed by atoms with Crippen molar-refractivity contribution < 1.29 is 0 Å². The Balaban J connectivity index is 3.43. The van der Waals surface area contributed by atoms with Crippen LogP contribution in [0.2, 0.25) is 0 Å². The molecule has 0 saturated carbocycles. The van der Waals surface area contributed by atoms with E-state index in [0.29, 0.717) is 12.0 Å². The first-order valence-electron chi connectivity index (χ1n) is 4.66. The van der Waals surface area contributed by atoms with Crippen LogP contribution in [0.15, 0.2) is 4.99 Å². The maximum Gasteiger partial charge on any atom is 0.188 e. The molecule has 0 rings (SSSR count). The van der Waals surface area contributed by atoms with Crippen LogP contribution in [0, 0.1) is 12.3 Å². The van der Waals surface area contributed by atoms with Crippen LogP contribution in [-0.2, 0) is 0 Å². The number of nitrogens with one attached hydrogen (secondary N) is 1. The number of nitrogens with two attached hydrogens (primary N) is 1. The zero-order valence-electron chi connectivity index (χ0n) is 8.51. The number of terminal acetylenes is 1. The Kier molecular flexibility index (Phi) is 6.80. The average molecular weight is 181 g/mol. The summed E-state index contributed by atoms with van der Waals surface area (Å²) in [6.45, 7) is 4.81. The molecule has 0 heterocycles. The Morgan fingerprint density at radius 3 is 2.77 bits per heavy atom. The number of aliphatic imine (C=N–C) groups is 1. The molecule has 3 heteroatoms. The number of unbranched alkanes of at least 4 members (excludes halogenated alkanes) is 2. The zero-order valence-corrected chi connectivity index (χ0v) is 8.51. The standard InChI is InChI=1S/C10H19N3/c1-4-5-6-7-8-12-10(11)13-9(2)3/h1,9H,5-8H2,2-3H3,(H3,11,12,13). The third-order valence-corrected chi connectivity index (χ3v) is 1.45. The summed E-state index contributed by atoms with van der Waals surface area (Å²) in [7, 11) is 0. The van der Waals surface area contributed by atoms with Gasteiger partial charge in [-0.05, 0) is 26.7 Å². The van der Waals surface area contributed by atoms with Crippen molar-refractivity contribution in [3.05, 3.63) is 0 Å². The molecule has 0 bridgehead atoms. The third kappa shape index (κ3) is 8.74. The lowest BCUT2D eigenvalue weighted by Gasteiger charge is -2.07. The monoisotopic (exact) mass is 181 g/mol. The minimum Gasteiger partial charge on any atom is -0.370 e. The van der Waals surface area contributed by atoms with E-state index in [1.165, 1.54) is 0 Å². The largest absolute Gasteiger partial charge is 0.370 e. The maximum atomic E-state index is 5.59. The smallest absolute Gasteiger partial charge is 0.188 e. The lowest BCUT2D eigenvalue weighted by atomic mass is 10.2. The molecule has 0 aromatic heterocycles. The number of guanidine groups is 1. The van der Waals surface area contributed by atoms with E-state index in [-0.39, 0.29) is 0 Å². The van der Waals surface area contributed by atoms with Crippen molar-refractivity contribution in [2.75, 3.05) is 6.54 Å². The molecule has 0 aromatic carbocycles. The van der Waals surface area contributed by atoms with E-state index in [4.69, 9.17) is 12.2 Å². The highest BCUT2D eigenvalue weighted by molar-refractivity contribution is 5.77. The first kappa shape index (κ1) is 11.8. The minimum absolute atomic E-state index is 0.342. The normalized spacial score (nSPS) is 11.4. The van der Waals surface area contributed by atoms with Gasteiger partial charge in [0.15, 0.2) is 5.96 Å². The Labute approximate surface area is 80.8 Å². The molecule has 13 heavy (non-hydrogen) atoms. The highest BCUT2D eigenvalue weighted by Crippen LogP contribution is 1.93. The molecule has 74 valence electrons. The Bertz CT molecular complexity index is 189. The fourth-order valence-corrected chi connectivity index (χ4v) is 0.880. The second-order valence-electron chi connectivity index (χ2n) is 3.23. The number of hydrogen-bond acceptors (Lipinski definition) is 1. The van der Waals surface area contributed by atoms with Gasteiger partial charge in [-0.2, -0.15) is 0 Å². The van der Waals surface area contributed by atoms with Gasteiger partial charge in [-0.1, -0.05) is 0 Å². The van der Waals surface area contributed by atoms with Crippen LogP contribution in [0.4, 0.5) is 0 Å². The average Bonchev–Trinajstić information content (AvgIpc) is 2.02. The molecule has 0 aliphatic rings. The van der Waals surface area contributed by atoms with Crippen LogP contribution < -0.4 is 11.1 Å². The molecule has 0 aliphatic carbocycles. The minimum atomic E-state index is 0.342. The van der Waals surface area contributed by atoms with E-state index >= 15 is 0 Å². The molecule has 0 radical (unpaired) electrons. The van der Waals surface area contributed by atoms with Gasteiger partial charge in [0.2, 0.25) is 0 Å². The van der Waals surface area contributed by atoms with Gasteiger partial charge in [0.05, 0.1) is 0 Å². The van der Waals surface area contributed by atoms with Crippen LogP contribution in [-0.4, -0.2) is 18.5 Å². The highest BCUT2D eigenvalue weighted by atomic mass is 15.1. The Morgan fingerprint density at radius 1 is 1.54 bits per heavy atom. The summed E-state index contributed by atoms with van der Waals surface area (Å²) in [6, 6.07) is 0.342. The summed E-state index contributed by atoms with van der Waals surface area (Å²) in [5.41, 5.74) is 5.59. The van der Waals surface area contributed by atoms with Gasteiger partial charge >= 0.3 is 0 Å². The van der Waals surface area contributed by atoms with Gasteiger partial charge in [0, 0.05) is 19.0 Å². The molecule has 0 aliphatic heterocycles. The Morgan fingerprint density at radius 2 is 2.23 bits per heavy atom. The topological polar surface area (TPSA) is 50.4 Å². The van der Waals surface area contributed by atoms with Crippen LogP contribution in [0.5, 0.6) is 0 Å². The molecule has 0 saturated heterocycles. The third-order valence-electron chi connectivity index (χ3n) is 1.45. The molecule has 3 N–H and O–H groups in total. The summed E-state index contributed by atoms with van der Waals surface area (Å²) >= 11 is 0. The van der Waals surface area contributed by atoms with Crippen LogP contribution in [0.25, 0.3) is 0 Å². The van der Waals surface area contributed by atoms with Crippen LogP contribution in [0.3, 0.4) is 0 Å². The van der Waals surface area contributed by atoms with Gasteiger partial charge in [-0.15, -0.1) is 12.3 Å². The van der Waals surface area contributed by atoms with Crippen molar-refractivity contribution in [2.24, 2.45) is 10.7 Å². The summed E-state index contributed by atoms with van der Waals surface area (Å²) in [5, 5.41) is 3.02. The summed E-state index contributed by atoms with van der Waals surface area (Å²) in [6.07, 6.45) is 7.97. The zero-order chi connectivity index (χ0) is 10.1. The lowest BCUT2D eigenvalue weighted by molar-refractivity contribution is 0.714. The summed E-state index contributed by atoms with van der Waals surface area (Å²) in [4.78, 5) is 4.15. The first-order chi connectivity index (χ1) is 6.16. The van der Waals surface area contributed by atoms with E-state index in [0.717, 1.165) is 25.8 Å². The molecule has 0 aromatic rings. The van der Waals surface area contributed by atoms with E-state index in [9.17, 15) is 0 Å². The maximum absolute atomic E-state index is 5.59. The predicted octanol–water partition coefficient (Wildman–Crippen LogP) is 1.10. The molecule has 0 fully saturated rings. The molecule has 0 spiro atoms. The van der Waals surface area contributed by atoms with Crippen molar-refractivity contribution in [1.82, 2.24) is 5.32 Å². The molecular weight excluding hydrogens is 162 g/mol. The van der Waals surface area contributed by atoms with E-state index in [2.05, 4.69) is 16.2 Å².